The van der Waals surface area contributed by atoms with Gasteiger partial charge in [-0.15, -0.1) is 5.10 Å². The number of carboxylic acid groups (broad SMARTS) is 1. The van der Waals surface area contributed by atoms with Crippen molar-refractivity contribution >= 4 is 17.0 Å². The van der Waals surface area contributed by atoms with E-state index in [1.165, 1.54) is 0 Å². The van der Waals surface area contributed by atoms with Crippen molar-refractivity contribution in [1.82, 2.24) is 24.5 Å². The highest BCUT2D eigenvalue weighted by atomic mass is 16.4. The molecule has 1 N–H and O–H groups in total. The lowest BCUT2D eigenvalue weighted by Gasteiger charge is -2.13. The van der Waals surface area contributed by atoms with E-state index in [4.69, 9.17) is 4.98 Å². The number of hydrogen-bond donors (Lipinski definition) is 1. The topological polar surface area (TPSA) is 85.8 Å². The highest BCUT2D eigenvalue weighted by Crippen LogP contribution is 2.27. The van der Waals surface area contributed by atoms with Crippen molar-refractivity contribution in [3.05, 3.63) is 70.8 Å². The summed E-state index contributed by atoms with van der Waals surface area (Å²) in [5.74, 6) is -0.859. The van der Waals surface area contributed by atoms with Crippen molar-refractivity contribution in [3.8, 4) is 5.69 Å². The van der Waals surface area contributed by atoms with Crippen molar-refractivity contribution in [2.24, 2.45) is 0 Å². The number of rotatable bonds is 5. The Morgan fingerprint density at radius 2 is 1.93 bits per heavy atom. The number of benzene rings is 1. The van der Waals surface area contributed by atoms with Crippen LogP contribution in [0.25, 0.3) is 16.7 Å². The number of hydrogen-bond acceptors (Lipinski definition) is 4. The number of fused-ring (bicyclic) bond motifs is 1. The minimum absolute atomic E-state index is 0.0440. The van der Waals surface area contributed by atoms with Crippen LogP contribution >= 0.6 is 0 Å². The van der Waals surface area contributed by atoms with Crippen LogP contribution in [0.1, 0.15) is 28.1 Å². The highest BCUT2D eigenvalue weighted by Gasteiger charge is 2.16. The van der Waals surface area contributed by atoms with Crippen LogP contribution in [0.5, 0.6) is 0 Å². The molecule has 0 saturated heterocycles. The fourth-order valence-electron chi connectivity index (χ4n) is 3.45. The third-order valence-corrected chi connectivity index (χ3v) is 4.84. The lowest BCUT2D eigenvalue weighted by molar-refractivity contribution is -0.136. The maximum atomic E-state index is 11.3. The molecule has 3 aromatic heterocycles. The van der Waals surface area contributed by atoms with Crippen LogP contribution in [-0.2, 0) is 17.8 Å². The van der Waals surface area contributed by atoms with Crippen LogP contribution in [0.3, 0.4) is 0 Å². The summed E-state index contributed by atoms with van der Waals surface area (Å²) in [6, 6.07) is 10.1. The molecule has 0 amide bonds. The smallest absolute Gasteiger partial charge is 0.307 e. The van der Waals surface area contributed by atoms with Gasteiger partial charge in [0.25, 0.3) is 0 Å². The Morgan fingerprint density at radius 3 is 2.64 bits per heavy atom. The van der Waals surface area contributed by atoms with Crippen molar-refractivity contribution in [3.63, 3.8) is 0 Å². The van der Waals surface area contributed by atoms with Gasteiger partial charge in [0.2, 0.25) is 0 Å². The third-order valence-electron chi connectivity index (χ3n) is 4.84. The molecule has 142 valence electrons. The monoisotopic (exact) mass is 375 g/mol. The Kier molecular flexibility index (Phi) is 4.43. The minimum Gasteiger partial charge on any atom is -0.481 e. The first kappa shape index (κ1) is 17.9. The SMILES string of the molecule is Cc1ccc(-n2cc(CC(=O)O)c3ccc(C)nc32)c(Cn2nncc2C)c1. The summed E-state index contributed by atoms with van der Waals surface area (Å²) >= 11 is 0. The van der Waals surface area contributed by atoms with Crippen LogP contribution in [0.4, 0.5) is 0 Å². The van der Waals surface area contributed by atoms with E-state index in [0.717, 1.165) is 44.8 Å². The fraction of sp³-hybridized carbons (Fsp3) is 0.238. The number of carbonyl (C=O) groups is 1. The predicted octanol–water partition coefficient (Wildman–Crippen LogP) is 3.22. The number of aryl methyl sites for hydroxylation is 3. The maximum Gasteiger partial charge on any atom is 0.307 e. The average molecular weight is 375 g/mol. The summed E-state index contributed by atoms with van der Waals surface area (Å²) in [7, 11) is 0. The number of nitrogens with zero attached hydrogens (tertiary/aromatic N) is 5. The van der Waals surface area contributed by atoms with Crippen LogP contribution in [0.2, 0.25) is 0 Å². The maximum absolute atomic E-state index is 11.3. The van der Waals surface area contributed by atoms with E-state index in [0.29, 0.717) is 6.54 Å². The molecule has 0 aliphatic rings. The van der Waals surface area contributed by atoms with E-state index in [9.17, 15) is 9.90 Å². The molecule has 0 atom stereocenters. The first-order valence-corrected chi connectivity index (χ1v) is 9.07. The fourth-order valence-corrected chi connectivity index (χ4v) is 3.45. The van der Waals surface area contributed by atoms with Crippen LogP contribution in [-0.4, -0.2) is 35.6 Å². The molecule has 0 radical (unpaired) electrons. The highest BCUT2D eigenvalue weighted by molar-refractivity contribution is 5.86. The third kappa shape index (κ3) is 3.26. The zero-order valence-electron chi connectivity index (χ0n) is 16.0. The molecule has 0 aliphatic carbocycles. The van der Waals surface area contributed by atoms with Gasteiger partial charge in [-0.25, -0.2) is 9.67 Å². The Hall–Kier alpha value is -3.48. The second-order valence-electron chi connectivity index (χ2n) is 7.08. The molecule has 0 aliphatic heterocycles. The van der Waals surface area contributed by atoms with Crippen LogP contribution < -0.4 is 0 Å². The molecule has 0 bridgehead atoms. The Bertz CT molecular complexity index is 1190. The lowest BCUT2D eigenvalue weighted by Crippen LogP contribution is -2.08. The molecule has 0 spiro atoms. The molecular formula is C21H21N5O2. The predicted molar refractivity (Wildman–Crippen MR) is 106 cm³/mol. The van der Waals surface area contributed by atoms with Gasteiger partial charge in [-0.05, 0) is 50.1 Å². The molecule has 4 rings (SSSR count). The van der Waals surface area contributed by atoms with E-state index in [2.05, 4.69) is 16.4 Å². The van der Waals surface area contributed by atoms with Crippen molar-refractivity contribution in [2.75, 3.05) is 0 Å². The molecule has 3 heterocycles. The van der Waals surface area contributed by atoms with Gasteiger partial charge >= 0.3 is 5.97 Å². The van der Waals surface area contributed by atoms with E-state index >= 15 is 0 Å². The van der Waals surface area contributed by atoms with Gasteiger partial charge < -0.3 is 9.67 Å². The number of aliphatic carboxylic acids is 1. The quantitative estimate of drug-likeness (QED) is 0.579. The van der Waals surface area contributed by atoms with Gasteiger partial charge in [-0.1, -0.05) is 22.9 Å². The first-order chi connectivity index (χ1) is 13.4. The standard InChI is InChI=1S/C21H21N5O2/c1-13-4-7-19(17(8-13)12-26-15(3)10-22-24-26)25-11-16(9-20(27)28)18-6-5-14(2)23-21(18)25/h4-8,10-11H,9,12H2,1-3H3,(H,27,28). The molecule has 4 aromatic rings. The molecule has 0 fully saturated rings. The lowest BCUT2D eigenvalue weighted by atomic mass is 10.1. The van der Waals surface area contributed by atoms with E-state index in [-0.39, 0.29) is 6.42 Å². The summed E-state index contributed by atoms with van der Waals surface area (Å²) in [4.78, 5) is 16.0. The van der Waals surface area contributed by atoms with Crippen molar-refractivity contribution < 1.29 is 9.90 Å². The van der Waals surface area contributed by atoms with Gasteiger partial charge in [0, 0.05) is 17.3 Å². The molecule has 28 heavy (non-hydrogen) atoms. The Balaban J connectivity index is 1.91. The minimum atomic E-state index is -0.859. The largest absolute Gasteiger partial charge is 0.481 e. The van der Waals surface area contributed by atoms with Crippen molar-refractivity contribution in [2.45, 2.75) is 33.7 Å². The van der Waals surface area contributed by atoms with Gasteiger partial charge in [0.1, 0.15) is 5.65 Å². The summed E-state index contributed by atoms with van der Waals surface area (Å²) in [5.41, 5.74) is 6.54. The Morgan fingerprint density at radius 1 is 1.11 bits per heavy atom. The average Bonchev–Trinajstić information content (AvgIpc) is 3.18. The molecule has 7 heteroatoms. The van der Waals surface area contributed by atoms with Crippen LogP contribution in [0, 0.1) is 20.8 Å². The van der Waals surface area contributed by atoms with E-state index in [1.54, 1.807) is 6.20 Å². The van der Waals surface area contributed by atoms with Crippen molar-refractivity contribution in [1.29, 1.82) is 0 Å². The van der Waals surface area contributed by atoms with Gasteiger partial charge in [0.05, 0.1) is 30.5 Å². The zero-order valence-corrected chi connectivity index (χ0v) is 16.0. The van der Waals surface area contributed by atoms with Gasteiger partial charge in [-0.3, -0.25) is 4.79 Å². The number of carboxylic acids is 1. The van der Waals surface area contributed by atoms with Gasteiger partial charge in [-0.2, -0.15) is 0 Å². The summed E-state index contributed by atoms with van der Waals surface area (Å²) in [5, 5.41) is 18.3. The van der Waals surface area contributed by atoms with E-state index < -0.39 is 5.97 Å². The second-order valence-corrected chi connectivity index (χ2v) is 7.08. The Labute approximate surface area is 162 Å². The summed E-state index contributed by atoms with van der Waals surface area (Å²) in [6.45, 7) is 6.52. The van der Waals surface area contributed by atoms with Crippen LogP contribution in [0.15, 0.2) is 42.7 Å². The molecule has 7 nitrogen and oxygen atoms in total. The molecule has 0 unspecified atom stereocenters. The zero-order chi connectivity index (χ0) is 19.8. The van der Waals surface area contributed by atoms with E-state index in [1.807, 2.05) is 60.5 Å². The summed E-state index contributed by atoms with van der Waals surface area (Å²) < 4.78 is 3.84. The molecule has 1 aromatic carbocycles. The number of aromatic nitrogens is 5. The first-order valence-electron chi connectivity index (χ1n) is 9.07. The second kappa shape index (κ2) is 6.92. The molecular weight excluding hydrogens is 354 g/mol. The number of pyridine rings is 1. The van der Waals surface area contributed by atoms with Gasteiger partial charge in [0.15, 0.2) is 0 Å². The molecule has 0 saturated carbocycles. The summed E-state index contributed by atoms with van der Waals surface area (Å²) in [6.07, 6.45) is 3.57. The normalized spacial score (nSPS) is 11.2.